The van der Waals surface area contributed by atoms with Gasteiger partial charge in [-0.1, -0.05) is 24.6 Å². The van der Waals surface area contributed by atoms with E-state index in [1.54, 1.807) is 35.5 Å². The zero-order valence-electron chi connectivity index (χ0n) is 27.4. The van der Waals surface area contributed by atoms with Crippen molar-refractivity contribution in [2.24, 2.45) is 0 Å². The quantitative estimate of drug-likeness (QED) is 0.170. The SMILES string of the molecule is CC[C@@H]1C[C@H](N(Cc2cc(C(F)(F)F)cc(C(F)(F)F)c2)c2ncc(N3CCOCC3)cn2)c2cc(C)ccc2N1C(=O)OCCCC(=O)O. The van der Waals surface area contributed by atoms with Gasteiger partial charge in [-0.15, -0.1) is 0 Å². The van der Waals surface area contributed by atoms with Crippen molar-refractivity contribution < 1.29 is 50.5 Å². The molecular formula is C34H37F6N5O5. The molecule has 3 heterocycles. The van der Waals surface area contributed by atoms with Crippen molar-refractivity contribution in [3.05, 3.63) is 76.6 Å². The van der Waals surface area contributed by atoms with Crippen LogP contribution in [0.1, 0.15) is 66.5 Å². The predicted octanol–water partition coefficient (Wildman–Crippen LogP) is 7.40. The molecule has 3 aromatic rings. The van der Waals surface area contributed by atoms with Crippen molar-refractivity contribution in [3.63, 3.8) is 0 Å². The molecule has 270 valence electrons. The Morgan fingerprint density at radius 3 is 2.22 bits per heavy atom. The minimum Gasteiger partial charge on any atom is -0.481 e. The number of hydrogen-bond donors (Lipinski definition) is 1. The first-order chi connectivity index (χ1) is 23.7. The number of nitrogens with zero attached hydrogens (tertiary/aromatic N) is 5. The normalized spacial score (nSPS) is 18.1. The van der Waals surface area contributed by atoms with Gasteiger partial charge < -0.3 is 24.4 Å². The van der Waals surface area contributed by atoms with Crippen molar-refractivity contribution in [2.45, 2.75) is 70.5 Å². The minimum absolute atomic E-state index is 0.0741. The number of aryl methyl sites for hydroxylation is 1. The summed E-state index contributed by atoms with van der Waals surface area (Å²) in [5, 5.41) is 8.95. The molecule has 2 aromatic carbocycles. The number of ether oxygens (including phenoxy) is 2. The summed E-state index contributed by atoms with van der Waals surface area (Å²) in [5.41, 5.74) is -0.643. The number of halogens is 6. The van der Waals surface area contributed by atoms with Crippen LogP contribution >= 0.6 is 0 Å². The number of carboxylic acids is 1. The number of anilines is 3. The number of hydrogen-bond acceptors (Lipinski definition) is 8. The zero-order valence-corrected chi connectivity index (χ0v) is 27.4. The maximum Gasteiger partial charge on any atom is 0.416 e. The molecular weight excluding hydrogens is 672 g/mol. The number of carbonyl (C=O) groups excluding carboxylic acids is 1. The highest BCUT2D eigenvalue weighted by Crippen LogP contribution is 2.44. The first-order valence-electron chi connectivity index (χ1n) is 16.1. The standard InChI is InChI=1S/C34H37F6N5O5/c1-3-25-17-29(27-13-21(2)6-7-28(27)45(25)32(48)50-10-4-5-30(46)47)44(31-41-18-26(19-42-31)43-8-11-49-12-9-43)20-22-14-23(33(35,36)37)16-24(15-22)34(38,39)40/h6-7,13-16,18-19,25,29H,3-5,8-12,17,20H2,1-2H3,(H,46,47)/t25-,29+/m1/s1. The minimum atomic E-state index is -5.04. The summed E-state index contributed by atoms with van der Waals surface area (Å²) in [6.45, 7) is 5.29. The van der Waals surface area contributed by atoms with Crippen molar-refractivity contribution in [1.29, 1.82) is 0 Å². The number of aliphatic carboxylic acids is 1. The molecule has 1 amide bonds. The van der Waals surface area contributed by atoms with Gasteiger partial charge in [-0.2, -0.15) is 26.3 Å². The van der Waals surface area contributed by atoms with Crippen molar-refractivity contribution >= 4 is 29.4 Å². The van der Waals surface area contributed by atoms with Crippen LogP contribution in [0.4, 0.5) is 48.5 Å². The number of morpholine rings is 1. The molecule has 5 rings (SSSR count). The number of aromatic nitrogens is 2. The van der Waals surface area contributed by atoms with Gasteiger partial charge in [0.05, 0.1) is 60.8 Å². The molecule has 50 heavy (non-hydrogen) atoms. The number of carboxylic acid groups (broad SMARTS) is 1. The molecule has 16 heteroatoms. The van der Waals surface area contributed by atoms with Gasteiger partial charge in [0.25, 0.3) is 0 Å². The van der Waals surface area contributed by atoms with Crippen LogP contribution in [0, 0.1) is 6.92 Å². The van der Waals surface area contributed by atoms with Crippen LogP contribution in [-0.2, 0) is 33.2 Å². The Balaban J connectivity index is 1.59. The lowest BCUT2D eigenvalue weighted by Gasteiger charge is -2.44. The highest BCUT2D eigenvalue weighted by Gasteiger charge is 2.41. The van der Waals surface area contributed by atoms with Crippen LogP contribution < -0.4 is 14.7 Å². The van der Waals surface area contributed by atoms with E-state index in [-0.39, 0.29) is 43.4 Å². The van der Waals surface area contributed by atoms with Crippen molar-refractivity contribution in [1.82, 2.24) is 9.97 Å². The molecule has 0 bridgehead atoms. The Bertz CT molecular complexity index is 1630. The average molecular weight is 710 g/mol. The first kappa shape index (κ1) is 36.7. The van der Waals surface area contributed by atoms with Crippen LogP contribution in [0.5, 0.6) is 0 Å². The lowest BCUT2D eigenvalue weighted by molar-refractivity contribution is -0.143. The summed E-state index contributed by atoms with van der Waals surface area (Å²) >= 11 is 0. The van der Waals surface area contributed by atoms with Crippen molar-refractivity contribution in [2.75, 3.05) is 47.6 Å². The molecule has 1 saturated heterocycles. The number of carbonyl (C=O) groups is 2. The van der Waals surface area contributed by atoms with Crippen molar-refractivity contribution in [3.8, 4) is 0 Å². The van der Waals surface area contributed by atoms with E-state index in [2.05, 4.69) is 9.97 Å². The fourth-order valence-corrected chi connectivity index (χ4v) is 6.27. The van der Waals surface area contributed by atoms with Gasteiger partial charge in [0.1, 0.15) is 0 Å². The molecule has 0 spiro atoms. The second-order valence-corrected chi connectivity index (χ2v) is 12.2. The van der Waals surface area contributed by atoms with Crippen LogP contribution in [0.3, 0.4) is 0 Å². The van der Waals surface area contributed by atoms with E-state index >= 15 is 0 Å². The molecule has 1 N–H and O–H groups in total. The third-order valence-corrected chi connectivity index (χ3v) is 8.72. The van der Waals surface area contributed by atoms with Gasteiger partial charge in [-0.3, -0.25) is 9.69 Å². The number of rotatable bonds is 10. The second kappa shape index (κ2) is 15.1. The number of alkyl halides is 6. The van der Waals surface area contributed by atoms with Crippen LogP contribution in [0.2, 0.25) is 0 Å². The van der Waals surface area contributed by atoms with Crippen LogP contribution in [0.25, 0.3) is 0 Å². The number of amides is 1. The van der Waals surface area contributed by atoms with Gasteiger partial charge >= 0.3 is 24.4 Å². The Morgan fingerprint density at radius 1 is 1.00 bits per heavy atom. The highest BCUT2D eigenvalue weighted by atomic mass is 19.4. The smallest absolute Gasteiger partial charge is 0.416 e. The maximum absolute atomic E-state index is 13.9. The lowest BCUT2D eigenvalue weighted by Crippen LogP contribution is -2.48. The van der Waals surface area contributed by atoms with Gasteiger partial charge in [0, 0.05) is 32.1 Å². The topological polar surface area (TPSA) is 108 Å². The molecule has 1 fully saturated rings. The molecule has 10 nitrogen and oxygen atoms in total. The summed E-state index contributed by atoms with van der Waals surface area (Å²) in [7, 11) is 0. The molecule has 0 aliphatic carbocycles. The summed E-state index contributed by atoms with van der Waals surface area (Å²) < 4.78 is 94.2. The Morgan fingerprint density at radius 2 is 1.64 bits per heavy atom. The largest absolute Gasteiger partial charge is 0.481 e. The number of fused-ring (bicyclic) bond motifs is 1. The Kier molecular flexibility index (Phi) is 11.1. The second-order valence-electron chi connectivity index (χ2n) is 12.2. The van der Waals surface area contributed by atoms with E-state index in [1.807, 2.05) is 18.7 Å². The van der Waals surface area contributed by atoms with Crippen LogP contribution in [-0.4, -0.2) is 66.1 Å². The van der Waals surface area contributed by atoms with E-state index in [4.69, 9.17) is 14.6 Å². The Hall–Kier alpha value is -4.60. The predicted molar refractivity (Wildman–Crippen MR) is 171 cm³/mol. The van der Waals surface area contributed by atoms with E-state index in [0.717, 1.165) is 5.56 Å². The molecule has 1 aromatic heterocycles. The summed E-state index contributed by atoms with van der Waals surface area (Å²) in [6.07, 6.45) is -7.11. The molecule has 2 aliphatic rings. The van der Waals surface area contributed by atoms with E-state index in [9.17, 15) is 35.9 Å². The van der Waals surface area contributed by atoms with E-state index in [0.29, 0.717) is 61.8 Å². The fourth-order valence-electron chi connectivity index (χ4n) is 6.27. The molecule has 0 unspecified atom stereocenters. The van der Waals surface area contributed by atoms with Crippen LogP contribution in [0.15, 0.2) is 48.8 Å². The molecule has 0 saturated carbocycles. The van der Waals surface area contributed by atoms with Gasteiger partial charge in [0.2, 0.25) is 5.95 Å². The third-order valence-electron chi connectivity index (χ3n) is 8.72. The summed E-state index contributed by atoms with van der Waals surface area (Å²) in [6, 6.07) is 5.58. The molecule has 2 atom stereocenters. The fraction of sp³-hybridized carbons (Fsp3) is 0.471. The first-order valence-corrected chi connectivity index (χ1v) is 16.1. The maximum atomic E-state index is 13.9. The highest BCUT2D eigenvalue weighted by molar-refractivity contribution is 5.90. The third kappa shape index (κ3) is 8.57. The van der Waals surface area contributed by atoms with E-state index in [1.165, 1.54) is 4.90 Å². The molecule has 0 radical (unpaired) electrons. The summed E-state index contributed by atoms with van der Waals surface area (Å²) in [4.78, 5) is 38.6. The Labute approximate surface area is 284 Å². The van der Waals surface area contributed by atoms with Gasteiger partial charge in [-0.05, 0) is 61.6 Å². The van der Waals surface area contributed by atoms with Gasteiger partial charge in [-0.25, -0.2) is 14.8 Å². The lowest BCUT2D eigenvalue weighted by atomic mass is 9.87. The molecule has 2 aliphatic heterocycles. The van der Waals surface area contributed by atoms with Gasteiger partial charge in [0.15, 0.2) is 0 Å². The zero-order chi connectivity index (χ0) is 36.2. The average Bonchev–Trinajstić information content (AvgIpc) is 3.08. The number of benzene rings is 2. The monoisotopic (exact) mass is 709 g/mol. The summed E-state index contributed by atoms with van der Waals surface area (Å²) in [5.74, 6) is -0.956. The van der Waals surface area contributed by atoms with E-state index < -0.39 is 54.2 Å².